The molecule has 0 aliphatic heterocycles. The van der Waals surface area contributed by atoms with Gasteiger partial charge < -0.3 is 5.32 Å². The summed E-state index contributed by atoms with van der Waals surface area (Å²) in [4.78, 5) is 0. The van der Waals surface area contributed by atoms with Crippen molar-refractivity contribution < 1.29 is 0 Å². The molecule has 0 aliphatic rings. The van der Waals surface area contributed by atoms with Gasteiger partial charge in [0.15, 0.2) is 0 Å². The van der Waals surface area contributed by atoms with Crippen molar-refractivity contribution in [2.24, 2.45) is 0 Å². The van der Waals surface area contributed by atoms with Crippen molar-refractivity contribution in [1.82, 2.24) is 5.32 Å². The number of halogens is 1. The summed E-state index contributed by atoms with van der Waals surface area (Å²) in [5, 5.41) is 3.32. The molecule has 0 amide bonds. The molecule has 0 heterocycles. The second kappa shape index (κ2) is 9.69. The fourth-order valence-corrected chi connectivity index (χ4v) is 1.41. The van der Waals surface area contributed by atoms with E-state index < -0.39 is 0 Å². The van der Waals surface area contributed by atoms with Gasteiger partial charge in [-0.15, -0.1) is 0 Å². The molecule has 0 unspecified atom stereocenters. The second-order valence-electron chi connectivity index (χ2n) is 2.46. The lowest BCUT2D eigenvalue weighted by Crippen LogP contribution is -2.13. The first-order chi connectivity index (χ1) is 4.91. The Hall–Kier alpha value is 0.690. The van der Waals surface area contributed by atoms with E-state index in [0.717, 1.165) is 6.54 Å². The van der Waals surface area contributed by atoms with Crippen molar-refractivity contribution >= 4 is 22.6 Å². The maximum absolute atomic E-state index is 3.32. The van der Waals surface area contributed by atoms with Crippen molar-refractivity contribution in [2.45, 2.75) is 32.6 Å². The van der Waals surface area contributed by atoms with Crippen molar-refractivity contribution in [3.8, 4) is 0 Å². The van der Waals surface area contributed by atoms with Crippen LogP contribution in [0.1, 0.15) is 32.6 Å². The third-order valence-electron chi connectivity index (χ3n) is 1.49. The van der Waals surface area contributed by atoms with Crippen LogP contribution in [-0.4, -0.2) is 17.5 Å². The lowest BCUT2D eigenvalue weighted by Gasteiger charge is -1.99. The molecule has 2 heteroatoms. The van der Waals surface area contributed by atoms with Gasteiger partial charge in [0.2, 0.25) is 0 Å². The van der Waals surface area contributed by atoms with Gasteiger partial charge >= 0.3 is 0 Å². The van der Waals surface area contributed by atoms with Gasteiger partial charge in [0.1, 0.15) is 0 Å². The molecule has 0 fully saturated rings. The first-order valence-corrected chi connectivity index (χ1v) is 5.71. The van der Waals surface area contributed by atoms with Gasteiger partial charge in [-0.05, 0) is 30.4 Å². The first kappa shape index (κ1) is 10.7. The molecule has 0 aromatic rings. The van der Waals surface area contributed by atoms with E-state index in [-0.39, 0.29) is 0 Å². The number of unbranched alkanes of at least 4 members (excludes halogenated alkanes) is 3. The number of alkyl halides is 1. The SMILES string of the molecule is CCNCCCCCCI. The zero-order valence-corrected chi connectivity index (χ0v) is 8.99. The summed E-state index contributed by atoms with van der Waals surface area (Å²) >= 11 is 2.44. The van der Waals surface area contributed by atoms with Crippen LogP contribution in [0.4, 0.5) is 0 Å². The predicted molar refractivity (Wildman–Crippen MR) is 55.9 cm³/mol. The third-order valence-corrected chi connectivity index (χ3v) is 2.25. The molecule has 0 spiro atoms. The van der Waals surface area contributed by atoms with Crippen LogP contribution in [0.25, 0.3) is 0 Å². The molecule has 0 saturated heterocycles. The highest BCUT2D eigenvalue weighted by atomic mass is 127. The van der Waals surface area contributed by atoms with Crippen LogP contribution < -0.4 is 5.32 Å². The Morgan fingerprint density at radius 3 is 2.40 bits per heavy atom. The Bertz CT molecular complexity index is 49.2. The van der Waals surface area contributed by atoms with E-state index in [0.29, 0.717) is 0 Å². The van der Waals surface area contributed by atoms with Crippen LogP contribution in [-0.2, 0) is 0 Å². The van der Waals surface area contributed by atoms with Crippen LogP contribution in [0.2, 0.25) is 0 Å². The fraction of sp³-hybridized carbons (Fsp3) is 1.00. The minimum atomic E-state index is 1.12. The van der Waals surface area contributed by atoms with Gasteiger partial charge in [-0.3, -0.25) is 0 Å². The van der Waals surface area contributed by atoms with E-state index in [1.165, 1.54) is 36.7 Å². The molecule has 0 bridgehead atoms. The molecule has 0 radical (unpaired) electrons. The Labute approximate surface area is 78.1 Å². The zero-order chi connectivity index (χ0) is 7.66. The summed E-state index contributed by atoms with van der Waals surface area (Å²) in [5.41, 5.74) is 0. The molecule has 0 atom stereocenters. The molecular formula is C8H18IN. The van der Waals surface area contributed by atoms with E-state index >= 15 is 0 Å². The molecule has 0 aromatic carbocycles. The van der Waals surface area contributed by atoms with Gasteiger partial charge in [0, 0.05) is 0 Å². The molecule has 1 N–H and O–H groups in total. The van der Waals surface area contributed by atoms with Crippen LogP contribution >= 0.6 is 22.6 Å². The minimum absolute atomic E-state index is 1.12. The Kier molecular flexibility index (Phi) is 10.4. The fourth-order valence-electron chi connectivity index (χ4n) is 0.875. The summed E-state index contributed by atoms with van der Waals surface area (Å²) in [5.74, 6) is 0. The van der Waals surface area contributed by atoms with E-state index in [4.69, 9.17) is 0 Å². The molecule has 1 nitrogen and oxygen atoms in total. The number of nitrogens with one attached hydrogen (secondary N) is 1. The lowest BCUT2D eigenvalue weighted by atomic mass is 10.2. The Morgan fingerprint density at radius 2 is 1.80 bits per heavy atom. The van der Waals surface area contributed by atoms with Crippen LogP contribution in [0.5, 0.6) is 0 Å². The third kappa shape index (κ3) is 8.69. The molecule has 0 aliphatic carbocycles. The normalized spacial score (nSPS) is 10.2. The van der Waals surface area contributed by atoms with Gasteiger partial charge in [-0.25, -0.2) is 0 Å². The molecule has 0 saturated carbocycles. The van der Waals surface area contributed by atoms with E-state index in [1.54, 1.807) is 0 Å². The highest BCUT2D eigenvalue weighted by Gasteiger charge is 1.87. The van der Waals surface area contributed by atoms with Gasteiger partial charge in [-0.1, -0.05) is 42.4 Å². The monoisotopic (exact) mass is 255 g/mol. The van der Waals surface area contributed by atoms with Crippen molar-refractivity contribution in [2.75, 3.05) is 17.5 Å². The Balaban J connectivity index is 2.65. The smallest absolute Gasteiger partial charge is 0.000473 e. The maximum Gasteiger partial charge on any atom is -0.000473 e. The van der Waals surface area contributed by atoms with Gasteiger partial charge in [0.25, 0.3) is 0 Å². The average molecular weight is 255 g/mol. The molecule has 0 aromatic heterocycles. The topological polar surface area (TPSA) is 12.0 Å². The average Bonchev–Trinajstić information content (AvgIpc) is 1.97. The standard InChI is InChI=1S/C8H18IN/c1-2-10-8-6-4-3-5-7-9/h10H,2-8H2,1H3. The van der Waals surface area contributed by atoms with E-state index in [9.17, 15) is 0 Å². The molecule has 10 heavy (non-hydrogen) atoms. The van der Waals surface area contributed by atoms with E-state index in [1.807, 2.05) is 0 Å². The summed E-state index contributed by atoms with van der Waals surface area (Å²) in [6.45, 7) is 4.48. The van der Waals surface area contributed by atoms with Crippen molar-refractivity contribution in [3.05, 3.63) is 0 Å². The highest BCUT2D eigenvalue weighted by Crippen LogP contribution is 2.00. The van der Waals surface area contributed by atoms with E-state index in [2.05, 4.69) is 34.8 Å². The summed E-state index contributed by atoms with van der Waals surface area (Å²) < 4.78 is 1.32. The zero-order valence-electron chi connectivity index (χ0n) is 6.83. The quantitative estimate of drug-likeness (QED) is 0.419. The Morgan fingerprint density at radius 1 is 1.10 bits per heavy atom. The first-order valence-electron chi connectivity index (χ1n) is 4.18. The van der Waals surface area contributed by atoms with Crippen molar-refractivity contribution in [1.29, 1.82) is 0 Å². The second-order valence-corrected chi connectivity index (χ2v) is 3.54. The predicted octanol–water partition coefficient (Wildman–Crippen LogP) is 2.59. The number of rotatable bonds is 7. The molecular weight excluding hydrogens is 237 g/mol. The largest absolute Gasteiger partial charge is 0.317 e. The van der Waals surface area contributed by atoms with Crippen molar-refractivity contribution in [3.63, 3.8) is 0 Å². The van der Waals surface area contributed by atoms with Crippen LogP contribution in [0.3, 0.4) is 0 Å². The minimum Gasteiger partial charge on any atom is -0.317 e. The summed E-state index contributed by atoms with van der Waals surface area (Å²) in [6, 6.07) is 0. The highest BCUT2D eigenvalue weighted by molar-refractivity contribution is 14.1. The van der Waals surface area contributed by atoms with Gasteiger partial charge in [0.05, 0.1) is 0 Å². The van der Waals surface area contributed by atoms with Gasteiger partial charge in [-0.2, -0.15) is 0 Å². The number of hydrogen-bond donors (Lipinski definition) is 1. The molecule has 62 valence electrons. The molecule has 0 rings (SSSR count). The lowest BCUT2D eigenvalue weighted by molar-refractivity contribution is 0.614. The van der Waals surface area contributed by atoms with Crippen LogP contribution in [0, 0.1) is 0 Å². The summed E-state index contributed by atoms with van der Waals surface area (Å²) in [6.07, 6.45) is 5.56. The van der Waals surface area contributed by atoms with Crippen LogP contribution in [0.15, 0.2) is 0 Å². The summed E-state index contributed by atoms with van der Waals surface area (Å²) in [7, 11) is 0. The maximum atomic E-state index is 3.32. The number of hydrogen-bond acceptors (Lipinski definition) is 1.